The largest absolute Gasteiger partial charge is 0.370 e. The van der Waals surface area contributed by atoms with Crippen LogP contribution in [0.1, 0.15) is 62.0 Å². The van der Waals surface area contributed by atoms with Crippen molar-refractivity contribution >= 4 is 0 Å². The number of aromatic nitrogens is 1. The molecule has 0 bridgehead atoms. The molecule has 3 rings (SSSR count). The van der Waals surface area contributed by atoms with Crippen LogP contribution in [0.3, 0.4) is 0 Å². The van der Waals surface area contributed by atoms with Crippen molar-refractivity contribution < 1.29 is 9.26 Å². The maximum Gasteiger partial charge on any atom is 0.138 e. The number of aryl methyl sites for hydroxylation is 2. The molecule has 1 aromatic rings. The van der Waals surface area contributed by atoms with E-state index in [0.29, 0.717) is 6.10 Å². The molecule has 0 radical (unpaired) electrons. The summed E-state index contributed by atoms with van der Waals surface area (Å²) < 4.78 is 11.6. The summed E-state index contributed by atoms with van der Waals surface area (Å²) in [6.07, 6.45) is 9.46. The van der Waals surface area contributed by atoms with Gasteiger partial charge < -0.3 is 14.6 Å². The molecule has 1 aliphatic carbocycles. The van der Waals surface area contributed by atoms with Gasteiger partial charge >= 0.3 is 0 Å². The van der Waals surface area contributed by atoms with Crippen LogP contribution in [0, 0.1) is 13.8 Å². The van der Waals surface area contributed by atoms with E-state index in [2.05, 4.69) is 10.5 Å². The third kappa shape index (κ3) is 2.91. The second-order valence-electron chi connectivity index (χ2n) is 6.46. The van der Waals surface area contributed by atoms with Gasteiger partial charge in [-0.25, -0.2) is 0 Å². The van der Waals surface area contributed by atoms with Crippen LogP contribution in [0.2, 0.25) is 0 Å². The number of rotatable bonds is 4. The first-order valence-corrected chi connectivity index (χ1v) is 7.99. The molecule has 4 heteroatoms. The van der Waals surface area contributed by atoms with Gasteiger partial charge in [-0.3, -0.25) is 0 Å². The minimum absolute atomic E-state index is 0.230. The lowest BCUT2D eigenvalue weighted by molar-refractivity contribution is -0.0624. The first-order chi connectivity index (χ1) is 9.69. The lowest BCUT2D eigenvalue weighted by atomic mass is 9.83. The molecule has 1 unspecified atom stereocenters. The minimum Gasteiger partial charge on any atom is -0.370 e. The van der Waals surface area contributed by atoms with E-state index < -0.39 is 0 Å². The quantitative estimate of drug-likeness (QED) is 0.918. The van der Waals surface area contributed by atoms with E-state index in [9.17, 15) is 0 Å². The topological polar surface area (TPSA) is 47.3 Å². The number of hydrogen-bond donors (Lipinski definition) is 1. The molecular weight excluding hydrogens is 252 g/mol. The van der Waals surface area contributed by atoms with Gasteiger partial charge in [-0.2, -0.15) is 0 Å². The number of nitrogens with zero attached hydrogens (tertiary/aromatic N) is 1. The summed E-state index contributed by atoms with van der Waals surface area (Å²) in [6, 6.07) is 0. The molecule has 1 aromatic heterocycles. The SMILES string of the molecule is Cc1noc(C)c1CNCC1CCC2(CCCCC2)O1. The molecule has 20 heavy (non-hydrogen) atoms. The highest BCUT2D eigenvalue weighted by atomic mass is 16.5. The highest BCUT2D eigenvalue weighted by Crippen LogP contribution is 2.41. The summed E-state index contributed by atoms with van der Waals surface area (Å²) in [5.41, 5.74) is 2.41. The molecule has 1 saturated heterocycles. The van der Waals surface area contributed by atoms with Crippen LogP contribution in [-0.4, -0.2) is 23.4 Å². The van der Waals surface area contributed by atoms with E-state index >= 15 is 0 Å². The average molecular weight is 278 g/mol. The molecule has 0 aromatic carbocycles. The third-order valence-corrected chi connectivity index (χ3v) is 4.96. The summed E-state index contributed by atoms with van der Waals surface area (Å²) in [5.74, 6) is 0.922. The smallest absolute Gasteiger partial charge is 0.138 e. The Kier molecular flexibility index (Phi) is 4.13. The van der Waals surface area contributed by atoms with Crippen LogP contribution in [0.25, 0.3) is 0 Å². The van der Waals surface area contributed by atoms with E-state index in [1.54, 1.807) is 0 Å². The lowest BCUT2D eigenvalue weighted by Gasteiger charge is -2.33. The molecule has 112 valence electrons. The maximum atomic E-state index is 6.37. The summed E-state index contributed by atoms with van der Waals surface area (Å²) in [6.45, 7) is 5.73. The fraction of sp³-hybridized carbons (Fsp3) is 0.812. The average Bonchev–Trinajstić information content (AvgIpc) is 2.98. The maximum absolute atomic E-state index is 6.37. The van der Waals surface area contributed by atoms with Crippen LogP contribution in [0.5, 0.6) is 0 Å². The van der Waals surface area contributed by atoms with Gasteiger partial charge in [0.15, 0.2) is 0 Å². The van der Waals surface area contributed by atoms with Crippen LogP contribution in [0.4, 0.5) is 0 Å². The van der Waals surface area contributed by atoms with E-state index in [1.165, 1.54) is 50.5 Å². The first-order valence-electron chi connectivity index (χ1n) is 7.99. The Morgan fingerprint density at radius 3 is 2.70 bits per heavy atom. The van der Waals surface area contributed by atoms with Crippen molar-refractivity contribution in [3.63, 3.8) is 0 Å². The Morgan fingerprint density at radius 1 is 1.20 bits per heavy atom. The molecule has 1 atom stereocenters. The van der Waals surface area contributed by atoms with Gasteiger partial charge in [-0.15, -0.1) is 0 Å². The highest BCUT2D eigenvalue weighted by Gasteiger charge is 2.40. The Hall–Kier alpha value is -0.870. The van der Waals surface area contributed by atoms with Gasteiger partial charge in [0, 0.05) is 18.7 Å². The second-order valence-corrected chi connectivity index (χ2v) is 6.46. The molecule has 1 saturated carbocycles. The normalized spacial score (nSPS) is 25.4. The van der Waals surface area contributed by atoms with Gasteiger partial charge in [-0.05, 0) is 39.5 Å². The molecule has 1 spiro atoms. The monoisotopic (exact) mass is 278 g/mol. The van der Waals surface area contributed by atoms with E-state index in [1.807, 2.05) is 13.8 Å². The third-order valence-electron chi connectivity index (χ3n) is 4.96. The molecule has 0 amide bonds. The standard InChI is InChI=1S/C16H26N2O2/c1-12-15(13(2)20-18-12)11-17-10-14-6-9-16(19-14)7-4-3-5-8-16/h14,17H,3-11H2,1-2H3. The molecular formula is C16H26N2O2. The van der Waals surface area contributed by atoms with Crippen molar-refractivity contribution in [2.24, 2.45) is 0 Å². The Morgan fingerprint density at radius 2 is 2.00 bits per heavy atom. The minimum atomic E-state index is 0.230. The molecule has 4 nitrogen and oxygen atoms in total. The number of nitrogens with one attached hydrogen (secondary N) is 1. The van der Waals surface area contributed by atoms with Crippen LogP contribution in [-0.2, 0) is 11.3 Å². The fourth-order valence-corrected chi connectivity index (χ4v) is 3.72. The number of hydrogen-bond acceptors (Lipinski definition) is 4. The molecule has 2 heterocycles. The zero-order valence-electron chi connectivity index (χ0n) is 12.7. The molecule has 2 aliphatic rings. The summed E-state index contributed by atoms with van der Waals surface area (Å²) >= 11 is 0. The van der Waals surface area contributed by atoms with Gasteiger partial charge in [0.25, 0.3) is 0 Å². The first kappa shape index (κ1) is 14.1. The Balaban J connectivity index is 1.46. The summed E-state index contributed by atoms with van der Waals surface area (Å²) in [4.78, 5) is 0. The molecule has 1 aliphatic heterocycles. The van der Waals surface area contributed by atoms with Gasteiger partial charge in [-0.1, -0.05) is 24.4 Å². The van der Waals surface area contributed by atoms with Gasteiger partial charge in [0.2, 0.25) is 0 Å². The fourth-order valence-electron chi connectivity index (χ4n) is 3.72. The summed E-state index contributed by atoms with van der Waals surface area (Å²) in [5, 5.41) is 7.50. The molecule has 1 N–H and O–H groups in total. The summed E-state index contributed by atoms with van der Waals surface area (Å²) in [7, 11) is 0. The van der Waals surface area contributed by atoms with Crippen LogP contribution in [0.15, 0.2) is 4.52 Å². The molecule has 2 fully saturated rings. The Bertz CT molecular complexity index is 430. The van der Waals surface area contributed by atoms with Crippen molar-refractivity contribution in [2.45, 2.75) is 77.0 Å². The van der Waals surface area contributed by atoms with E-state index in [-0.39, 0.29) is 5.60 Å². The Labute approximate surface area is 121 Å². The van der Waals surface area contributed by atoms with Crippen molar-refractivity contribution in [3.05, 3.63) is 17.0 Å². The second kappa shape index (κ2) is 5.86. The van der Waals surface area contributed by atoms with Gasteiger partial charge in [0.05, 0.1) is 17.4 Å². The predicted octanol–water partition coefficient (Wildman–Crippen LogP) is 3.26. The van der Waals surface area contributed by atoms with Crippen molar-refractivity contribution in [1.82, 2.24) is 10.5 Å². The zero-order chi connectivity index (χ0) is 14.0. The predicted molar refractivity (Wildman–Crippen MR) is 77.6 cm³/mol. The van der Waals surface area contributed by atoms with Crippen LogP contribution < -0.4 is 5.32 Å². The number of ether oxygens (including phenoxy) is 1. The van der Waals surface area contributed by atoms with E-state index in [0.717, 1.165) is 24.5 Å². The van der Waals surface area contributed by atoms with E-state index in [4.69, 9.17) is 9.26 Å². The van der Waals surface area contributed by atoms with Crippen molar-refractivity contribution in [3.8, 4) is 0 Å². The highest BCUT2D eigenvalue weighted by molar-refractivity contribution is 5.20. The van der Waals surface area contributed by atoms with Crippen LogP contribution >= 0.6 is 0 Å². The van der Waals surface area contributed by atoms with Gasteiger partial charge in [0.1, 0.15) is 5.76 Å². The zero-order valence-corrected chi connectivity index (χ0v) is 12.7. The van der Waals surface area contributed by atoms with Crippen molar-refractivity contribution in [1.29, 1.82) is 0 Å². The lowest BCUT2D eigenvalue weighted by Crippen LogP contribution is -2.34. The van der Waals surface area contributed by atoms with Crippen molar-refractivity contribution in [2.75, 3.05) is 6.54 Å².